The Morgan fingerprint density at radius 2 is 1.93 bits per heavy atom. The second kappa shape index (κ2) is 8.87. The van der Waals surface area contributed by atoms with Gasteiger partial charge < -0.3 is 9.15 Å². The normalized spacial score (nSPS) is 12.2. The number of fused-ring (bicyclic) bond motifs is 1. The van der Waals surface area contributed by atoms with Crippen LogP contribution in [0.2, 0.25) is 0 Å². The number of carbonyl (C=O) groups excluding carboxylic acids is 1. The Balaban J connectivity index is 1.85. The van der Waals surface area contributed by atoms with Crippen LogP contribution in [0.4, 0.5) is 14.9 Å². The Morgan fingerprint density at radius 3 is 2.62 bits per heavy atom. The maximum Gasteiger partial charge on any atom is 0.411 e. The third-order valence-electron chi connectivity index (χ3n) is 4.79. The van der Waals surface area contributed by atoms with Crippen molar-refractivity contribution >= 4 is 22.7 Å². The van der Waals surface area contributed by atoms with E-state index in [4.69, 9.17) is 9.15 Å². The van der Waals surface area contributed by atoms with Gasteiger partial charge in [-0.1, -0.05) is 12.1 Å². The van der Waals surface area contributed by atoms with E-state index in [2.05, 4.69) is 10.2 Å². The number of halogens is 1. The van der Waals surface area contributed by atoms with Crippen molar-refractivity contribution in [1.29, 1.82) is 0 Å². The van der Waals surface area contributed by atoms with E-state index in [0.717, 1.165) is 16.5 Å². The van der Waals surface area contributed by atoms with Crippen LogP contribution in [0.5, 0.6) is 0 Å². The van der Waals surface area contributed by atoms with Crippen molar-refractivity contribution in [2.75, 3.05) is 19.0 Å². The molecule has 0 aliphatic carbocycles. The van der Waals surface area contributed by atoms with E-state index in [1.54, 1.807) is 37.3 Å². The predicted molar refractivity (Wildman–Crippen MR) is 109 cm³/mol. The van der Waals surface area contributed by atoms with E-state index < -0.39 is 11.7 Å². The Kier molecular flexibility index (Phi) is 6.29. The zero-order valence-corrected chi connectivity index (χ0v) is 16.6. The molecule has 1 unspecified atom stereocenters. The molecule has 29 heavy (non-hydrogen) atoms. The molecule has 7 heteroatoms. The van der Waals surface area contributed by atoms with Crippen molar-refractivity contribution in [3.05, 3.63) is 75.9 Å². The fraction of sp³-hybridized carbons (Fsp3) is 0.273. The third-order valence-corrected chi connectivity index (χ3v) is 4.79. The summed E-state index contributed by atoms with van der Waals surface area (Å²) in [5.41, 5.74) is 2.16. The monoisotopic (exact) mass is 398 g/mol. The SMILES string of the molecule is CCOC(=O)Nc1ccc2c(CN(C)C(C)c3ccc(F)cc3)cc(=O)oc2c1. The van der Waals surface area contributed by atoms with Crippen LogP contribution in [0.3, 0.4) is 0 Å². The number of hydrogen-bond acceptors (Lipinski definition) is 5. The maximum absolute atomic E-state index is 13.2. The molecule has 3 rings (SSSR count). The van der Waals surface area contributed by atoms with Crippen LogP contribution in [-0.4, -0.2) is 24.6 Å². The lowest BCUT2D eigenvalue weighted by Crippen LogP contribution is -2.22. The Hall–Kier alpha value is -3.19. The first-order chi connectivity index (χ1) is 13.9. The van der Waals surface area contributed by atoms with Crippen molar-refractivity contribution in [3.63, 3.8) is 0 Å². The van der Waals surface area contributed by atoms with Gasteiger partial charge in [0, 0.05) is 35.8 Å². The number of carbonyl (C=O) groups is 1. The minimum Gasteiger partial charge on any atom is -0.450 e. The van der Waals surface area contributed by atoms with Gasteiger partial charge in [-0.3, -0.25) is 10.2 Å². The van der Waals surface area contributed by atoms with Gasteiger partial charge >= 0.3 is 11.7 Å². The van der Waals surface area contributed by atoms with Crippen LogP contribution in [0.1, 0.15) is 31.0 Å². The van der Waals surface area contributed by atoms with Gasteiger partial charge in [0.15, 0.2) is 0 Å². The minimum atomic E-state index is -0.571. The van der Waals surface area contributed by atoms with E-state index in [1.165, 1.54) is 18.2 Å². The summed E-state index contributed by atoms with van der Waals surface area (Å²) in [6.07, 6.45) is -0.571. The topological polar surface area (TPSA) is 71.8 Å². The molecule has 1 N–H and O–H groups in total. The van der Waals surface area contributed by atoms with Gasteiger partial charge in [-0.25, -0.2) is 14.0 Å². The first-order valence-corrected chi connectivity index (χ1v) is 9.33. The van der Waals surface area contributed by atoms with Crippen LogP contribution in [-0.2, 0) is 11.3 Å². The zero-order chi connectivity index (χ0) is 21.0. The van der Waals surface area contributed by atoms with Crippen LogP contribution >= 0.6 is 0 Å². The second-order valence-corrected chi connectivity index (χ2v) is 6.79. The molecule has 0 fully saturated rings. The molecular weight excluding hydrogens is 375 g/mol. The molecule has 0 aliphatic rings. The molecule has 3 aromatic rings. The molecule has 1 aromatic heterocycles. The zero-order valence-electron chi connectivity index (χ0n) is 16.6. The summed E-state index contributed by atoms with van der Waals surface area (Å²) in [5, 5.41) is 3.37. The molecule has 0 saturated heterocycles. The van der Waals surface area contributed by atoms with Crippen molar-refractivity contribution in [3.8, 4) is 0 Å². The number of nitrogens with one attached hydrogen (secondary N) is 1. The number of amides is 1. The molecule has 1 atom stereocenters. The largest absolute Gasteiger partial charge is 0.450 e. The van der Waals surface area contributed by atoms with Crippen LogP contribution in [0, 0.1) is 5.82 Å². The molecule has 0 bridgehead atoms. The molecule has 2 aromatic carbocycles. The maximum atomic E-state index is 13.2. The highest BCUT2D eigenvalue weighted by Crippen LogP contribution is 2.25. The fourth-order valence-electron chi connectivity index (χ4n) is 3.12. The second-order valence-electron chi connectivity index (χ2n) is 6.79. The minimum absolute atomic E-state index is 0.0163. The molecule has 0 radical (unpaired) electrons. The van der Waals surface area contributed by atoms with Gasteiger partial charge in [-0.15, -0.1) is 0 Å². The van der Waals surface area contributed by atoms with Crippen LogP contribution in [0.15, 0.2) is 57.7 Å². The van der Waals surface area contributed by atoms with Crippen molar-refractivity contribution in [2.45, 2.75) is 26.4 Å². The van der Waals surface area contributed by atoms with Crippen molar-refractivity contribution < 1.29 is 18.3 Å². The van der Waals surface area contributed by atoms with Gasteiger partial charge in [0.2, 0.25) is 0 Å². The van der Waals surface area contributed by atoms with E-state index in [1.807, 2.05) is 14.0 Å². The first kappa shape index (κ1) is 20.5. The Labute approximate surface area is 167 Å². The number of rotatable bonds is 6. The van der Waals surface area contributed by atoms with Gasteiger partial charge in [-0.05, 0) is 56.3 Å². The average Bonchev–Trinajstić information content (AvgIpc) is 2.67. The molecule has 0 aliphatic heterocycles. The van der Waals surface area contributed by atoms with E-state index in [9.17, 15) is 14.0 Å². The van der Waals surface area contributed by atoms with E-state index >= 15 is 0 Å². The van der Waals surface area contributed by atoms with Crippen molar-refractivity contribution in [2.24, 2.45) is 0 Å². The summed E-state index contributed by atoms with van der Waals surface area (Å²) in [6.45, 7) is 4.49. The summed E-state index contributed by atoms with van der Waals surface area (Å²) < 4.78 is 23.4. The van der Waals surface area contributed by atoms with Crippen molar-refractivity contribution in [1.82, 2.24) is 4.90 Å². The summed E-state index contributed by atoms with van der Waals surface area (Å²) in [5.74, 6) is -0.275. The standard InChI is InChI=1S/C22H23FN2O4/c1-4-28-22(27)24-18-9-10-19-16(11-21(26)29-20(19)12-18)13-25(3)14(2)15-5-7-17(23)8-6-15/h5-12,14H,4,13H2,1-3H3,(H,24,27). The molecular formula is C22H23FN2O4. The number of anilines is 1. The number of ether oxygens (including phenoxy) is 1. The highest BCUT2D eigenvalue weighted by Gasteiger charge is 2.15. The summed E-state index contributed by atoms with van der Waals surface area (Å²) in [4.78, 5) is 25.7. The lowest BCUT2D eigenvalue weighted by Gasteiger charge is -2.25. The van der Waals surface area contributed by atoms with E-state index in [-0.39, 0.29) is 18.5 Å². The van der Waals surface area contributed by atoms with E-state index in [0.29, 0.717) is 17.8 Å². The molecule has 6 nitrogen and oxygen atoms in total. The summed E-state index contributed by atoms with van der Waals surface area (Å²) in [6, 6.07) is 13.0. The Morgan fingerprint density at radius 1 is 1.21 bits per heavy atom. The first-order valence-electron chi connectivity index (χ1n) is 9.33. The lowest BCUT2D eigenvalue weighted by atomic mass is 10.0. The molecule has 152 valence electrons. The lowest BCUT2D eigenvalue weighted by molar-refractivity contribution is 0.168. The molecule has 1 heterocycles. The van der Waals surface area contributed by atoms with Crippen LogP contribution in [0.25, 0.3) is 11.0 Å². The van der Waals surface area contributed by atoms with Gasteiger partial charge in [-0.2, -0.15) is 0 Å². The number of hydrogen-bond donors (Lipinski definition) is 1. The highest BCUT2D eigenvalue weighted by molar-refractivity contribution is 5.89. The molecule has 1 amide bonds. The molecule has 0 saturated carbocycles. The quantitative estimate of drug-likeness (QED) is 0.610. The summed E-state index contributed by atoms with van der Waals surface area (Å²) >= 11 is 0. The summed E-state index contributed by atoms with van der Waals surface area (Å²) in [7, 11) is 1.94. The number of nitrogens with zero attached hydrogens (tertiary/aromatic N) is 1. The fourth-order valence-corrected chi connectivity index (χ4v) is 3.12. The third kappa shape index (κ3) is 5.00. The Bertz CT molecular complexity index is 1060. The van der Waals surface area contributed by atoms with Gasteiger partial charge in [0.05, 0.1) is 6.61 Å². The number of benzene rings is 2. The highest BCUT2D eigenvalue weighted by atomic mass is 19.1. The van der Waals surface area contributed by atoms with Gasteiger partial charge in [0.1, 0.15) is 11.4 Å². The predicted octanol–water partition coefficient (Wildman–Crippen LogP) is 4.69. The average molecular weight is 398 g/mol. The smallest absolute Gasteiger partial charge is 0.411 e. The van der Waals surface area contributed by atoms with Crippen LogP contribution < -0.4 is 10.9 Å². The molecule has 0 spiro atoms. The van der Waals surface area contributed by atoms with Gasteiger partial charge in [0.25, 0.3) is 0 Å².